The molecule has 0 heterocycles. The van der Waals surface area contributed by atoms with E-state index in [0.717, 1.165) is 0 Å². The Morgan fingerprint density at radius 2 is 1.00 bits per heavy atom. The van der Waals surface area contributed by atoms with Crippen molar-refractivity contribution in [1.29, 1.82) is 0 Å². The quantitative estimate of drug-likeness (QED) is 0.189. The number of benzene rings is 5. The van der Waals surface area contributed by atoms with E-state index in [1.165, 1.54) is 82.4 Å². The van der Waals surface area contributed by atoms with Crippen LogP contribution in [-0.4, -0.2) is 3.21 Å². The Kier molecular flexibility index (Phi) is 14.5. The van der Waals surface area contributed by atoms with Gasteiger partial charge < -0.3 is 24.8 Å². The van der Waals surface area contributed by atoms with Crippen molar-refractivity contribution in [1.82, 2.24) is 0 Å². The molecular formula is C46H46Cl2Zr-2. The Bertz CT molecular complexity index is 1890. The molecule has 0 saturated heterocycles. The number of fused-ring (bicyclic) bond motifs is 3. The molecule has 0 bridgehead atoms. The van der Waals surface area contributed by atoms with Crippen LogP contribution >= 0.6 is 0 Å². The molecule has 0 N–H and O–H groups in total. The van der Waals surface area contributed by atoms with Gasteiger partial charge in [-0.15, -0.1) is 45.3 Å². The van der Waals surface area contributed by atoms with E-state index in [9.17, 15) is 0 Å². The minimum absolute atomic E-state index is 0. The van der Waals surface area contributed by atoms with Gasteiger partial charge >= 0.3 is 99.2 Å². The molecule has 250 valence electrons. The second kappa shape index (κ2) is 17.6. The van der Waals surface area contributed by atoms with Crippen molar-refractivity contribution in [3.05, 3.63) is 180 Å². The van der Waals surface area contributed by atoms with E-state index < -0.39 is 0 Å². The van der Waals surface area contributed by atoms with Crippen molar-refractivity contribution in [2.24, 2.45) is 5.92 Å². The first-order chi connectivity index (χ1) is 22.4. The van der Waals surface area contributed by atoms with Crippen molar-refractivity contribution in [2.75, 3.05) is 0 Å². The van der Waals surface area contributed by atoms with Gasteiger partial charge in [-0.3, -0.25) is 6.08 Å². The van der Waals surface area contributed by atoms with Gasteiger partial charge in [-0.1, -0.05) is 120 Å². The molecule has 7 rings (SSSR count). The summed E-state index contributed by atoms with van der Waals surface area (Å²) in [5.74, 6) is 0.472. The van der Waals surface area contributed by atoms with Gasteiger partial charge in [0, 0.05) is 0 Å². The van der Waals surface area contributed by atoms with Crippen LogP contribution in [0.4, 0.5) is 0 Å². The number of halogens is 2. The number of hydrogen-bond donors (Lipinski definition) is 0. The van der Waals surface area contributed by atoms with E-state index in [-0.39, 0.29) is 35.6 Å². The first kappa shape index (κ1) is 40.2. The number of rotatable bonds is 3. The minimum atomic E-state index is 0. The molecule has 0 saturated carbocycles. The summed E-state index contributed by atoms with van der Waals surface area (Å²) in [5, 5.41) is 5.49. The summed E-state index contributed by atoms with van der Waals surface area (Å²) in [6, 6.07) is 47.7. The van der Waals surface area contributed by atoms with Crippen LogP contribution < -0.4 is 24.8 Å². The first-order valence-corrected chi connectivity index (χ1v) is 17.8. The van der Waals surface area contributed by atoms with Crippen LogP contribution in [-0.2, 0) is 35.1 Å². The average molecular weight is 761 g/mol. The van der Waals surface area contributed by atoms with Gasteiger partial charge in [-0.2, -0.15) is 11.6 Å². The third kappa shape index (κ3) is 10.6. The van der Waals surface area contributed by atoms with Crippen LogP contribution in [0.25, 0.3) is 27.1 Å². The SMILES string of the molecule is CC(C)(C)c1ccc2[cH-]c3ccc(C(C)(C)C)cc3c2c1.CC1[C-]=CC(c2ccccc2)=C1.[Cl-].[Cl-].[Zr+2]=[C](c1ccccc1)c1ccccc1. The molecule has 49 heavy (non-hydrogen) atoms. The molecule has 0 amide bonds. The van der Waals surface area contributed by atoms with Crippen LogP contribution in [0.1, 0.15) is 76.3 Å². The topological polar surface area (TPSA) is 0 Å². The van der Waals surface area contributed by atoms with Crippen LogP contribution in [0.2, 0.25) is 0 Å². The zero-order valence-corrected chi connectivity index (χ0v) is 33.7. The summed E-state index contributed by atoms with van der Waals surface area (Å²) in [4.78, 5) is 0. The summed E-state index contributed by atoms with van der Waals surface area (Å²) in [6.45, 7) is 15.8. The average Bonchev–Trinajstić information content (AvgIpc) is 3.68. The molecule has 3 heteroatoms. The summed E-state index contributed by atoms with van der Waals surface area (Å²) >= 11 is 1.46. The van der Waals surface area contributed by atoms with Crippen molar-refractivity contribution in [3.63, 3.8) is 0 Å². The predicted octanol–water partition coefficient (Wildman–Crippen LogP) is 6.20. The summed E-state index contributed by atoms with van der Waals surface area (Å²) < 4.78 is 1.42. The van der Waals surface area contributed by atoms with Gasteiger partial charge in [-0.25, -0.2) is 6.08 Å². The van der Waals surface area contributed by atoms with Gasteiger partial charge in [0.05, 0.1) is 0 Å². The zero-order chi connectivity index (χ0) is 33.6. The third-order valence-electron chi connectivity index (χ3n) is 8.60. The van der Waals surface area contributed by atoms with Crippen molar-refractivity contribution >= 4 is 30.3 Å². The van der Waals surface area contributed by atoms with E-state index in [2.05, 4.69) is 194 Å². The second-order valence-electron chi connectivity index (χ2n) is 14.4. The van der Waals surface area contributed by atoms with Crippen molar-refractivity contribution in [3.8, 4) is 0 Å². The van der Waals surface area contributed by atoms with Crippen LogP contribution in [0.5, 0.6) is 0 Å². The third-order valence-corrected chi connectivity index (χ3v) is 10.0. The van der Waals surface area contributed by atoms with Crippen molar-refractivity contribution in [2.45, 2.75) is 59.3 Å². The molecule has 0 spiro atoms. The molecule has 6 aromatic rings. The molecule has 6 aromatic carbocycles. The van der Waals surface area contributed by atoms with E-state index in [4.69, 9.17) is 0 Å². The van der Waals surface area contributed by atoms with Crippen LogP contribution in [0.15, 0.2) is 146 Å². The molecule has 1 aliphatic rings. The second-order valence-corrected chi connectivity index (χ2v) is 15.7. The van der Waals surface area contributed by atoms with Crippen LogP contribution in [0.3, 0.4) is 0 Å². The zero-order valence-electron chi connectivity index (χ0n) is 29.7. The molecule has 0 nitrogen and oxygen atoms in total. The maximum atomic E-state index is 3.25. The monoisotopic (exact) mass is 758 g/mol. The van der Waals surface area contributed by atoms with Gasteiger partial charge in [-0.05, 0) is 10.8 Å². The number of allylic oxidation sites excluding steroid dienone is 4. The first-order valence-electron chi connectivity index (χ1n) is 16.6. The molecule has 1 aliphatic carbocycles. The normalized spacial score (nSPS) is 13.7. The maximum absolute atomic E-state index is 3.25. The van der Waals surface area contributed by atoms with E-state index in [1.54, 1.807) is 0 Å². The molecule has 0 radical (unpaired) electrons. The van der Waals surface area contributed by atoms with Gasteiger partial charge in [0.2, 0.25) is 0 Å². The fourth-order valence-corrected chi connectivity index (χ4v) is 6.52. The van der Waals surface area contributed by atoms with Gasteiger partial charge in [0.1, 0.15) is 0 Å². The Balaban J connectivity index is 0.000000204. The summed E-state index contributed by atoms with van der Waals surface area (Å²) in [7, 11) is 0. The molecule has 1 unspecified atom stereocenters. The predicted molar refractivity (Wildman–Crippen MR) is 202 cm³/mol. The fourth-order valence-electron chi connectivity index (χ4n) is 5.70. The van der Waals surface area contributed by atoms with E-state index >= 15 is 0 Å². The Hall–Kier alpha value is -3.22. The number of hydrogen-bond acceptors (Lipinski definition) is 0. The van der Waals surface area contributed by atoms with E-state index in [0.29, 0.717) is 5.92 Å². The molecular weight excluding hydrogens is 715 g/mol. The molecule has 0 fully saturated rings. The molecule has 1 atom stereocenters. The Morgan fingerprint density at radius 3 is 1.37 bits per heavy atom. The van der Waals surface area contributed by atoms with Crippen molar-refractivity contribution < 1.29 is 49.0 Å². The van der Waals surface area contributed by atoms with Gasteiger partial charge in [0.25, 0.3) is 0 Å². The summed E-state index contributed by atoms with van der Waals surface area (Å²) in [6.07, 6.45) is 7.55. The Morgan fingerprint density at radius 1 is 0.592 bits per heavy atom. The van der Waals surface area contributed by atoms with Gasteiger partial charge in [0.15, 0.2) is 0 Å². The Labute approximate surface area is 321 Å². The molecule has 0 aliphatic heterocycles. The molecule has 0 aromatic heterocycles. The van der Waals surface area contributed by atoms with Crippen LogP contribution in [0, 0.1) is 12.0 Å². The van der Waals surface area contributed by atoms with E-state index in [1.807, 2.05) is 6.07 Å². The fraction of sp³-hybridized carbons (Fsp3) is 0.217. The standard InChI is InChI=1S/C21H25.C13H10.C12H11.2ClH.Zr/c1-20(2,3)16-9-7-14-11-15-8-10-17(21(4,5)6)13-19(15)18(14)12-16;1-3-7-12(8-4-1)11-13-9-5-2-6-10-13;1-10-7-8-12(9-10)11-5-3-2-4-6-11;;;/h7-13H,1-6H3;1-10H;2-6,8-10H,1H3;2*1H;/q-1;;-1;;;+2/p-2. The summed E-state index contributed by atoms with van der Waals surface area (Å²) in [5.41, 5.74) is 8.44.